The predicted octanol–water partition coefficient (Wildman–Crippen LogP) is -0.930. The lowest BCUT2D eigenvalue weighted by molar-refractivity contribution is -0.115. The van der Waals surface area contributed by atoms with Crippen molar-refractivity contribution in [3.8, 4) is 0 Å². The third kappa shape index (κ3) is 5.97. The van der Waals surface area contributed by atoms with Crippen molar-refractivity contribution in [1.29, 1.82) is 0 Å². The highest BCUT2D eigenvalue weighted by Gasteiger charge is 2.04. The van der Waals surface area contributed by atoms with Gasteiger partial charge in [0.2, 0.25) is 0 Å². The Bertz CT molecular complexity index is 105. The molecule has 2 unspecified atom stereocenters. The first-order valence-electron chi connectivity index (χ1n) is 3.63. The van der Waals surface area contributed by atoms with Crippen LogP contribution in [-0.2, 0) is 4.79 Å². The average molecular weight is 162 g/mol. The zero-order valence-corrected chi connectivity index (χ0v) is 6.31. The molecule has 0 amide bonds. The predicted molar refractivity (Wildman–Crippen MR) is 39.0 cm³/mol. The molecule has 0 saturated carbocycles. The minimum absolute atomic E-state index is 0.267. The average Bonchev–Trinajstić information content (AvgIpc) is 2.04. The summed E-state index contributed by atoms with van der Waals surface area (Å²) >= 11 is 0. The highest BCUT2D eigenvalue weighted by molar-refractivity contribution is 5.55. The molecular formula is C7H14O4. The van der Waals surface area contributed by atoms with Gasteiger partial charge in [-0.25, -0.2) is 0 Å². The van der Waals surface area contributed by atoms with E-state index in [-0.39, 0.29) is 6.61 Å². The van der Waals surface area contributed by atoms with E-state index in [1.165, 1.54) is 0 Å². The van der Waals surface area contributed by atoms with Crippen molar-refractivity contribution in [1.82, 2.24) is 0 Å². The maximum atomic E-state index is 9.89. The monoisotopic (exact) mass is 162 g/mol. The van der Waals surface area contributed by atoms with E-state index in [1.807, 2.05) is 0 Å². The van der Waals surface area contributed by atoms with Gasteiger partial charge in [-0.15, -0.1) is 0 Å². The SMILES string of the molecule is O=CC(O)CCCC(O)CO. The van der Waals surface area contributed by atoms with Gasteiger partial charge in [-0.05, 0) is 19.3 Å². The summed E-state index contributed by atoms with van der Waals surface area (Å²) < 4.78 is 0. The molecular weight excluding hydrogens is 148 g/mol. The molecule has 66 valence electrons. The van der Waals surface area contributed by atoms with Crippen LogP contribution in [0.15, 0.2) is 0 Å². The maximum absolute atomic E-state index is 9.89. The molecule has 4 nitrogen and oxygen atoms in total. The second kappa shape index (κ2) is 6.27. The van der Waals surface area contributed by atoms with Gasteiger partial charge in [0.05, 0.1) is 12.7 Å². The summed E-state index contributed by atoms with van der Waals surface area (Å²) in [4.78, 5) is 9.89. The number of aldehydes is 1. The zero-order valence-electron chi connectivity index (χ0n) is 6.31. The largest absolute Gasteiger partial charge is 0.394 e. The molecule has 0 aromatic heterocycles. The van der Waals surface area contributed by atoms with Gasteiger partial charge in [-0.1, -0.05) is 0 Å². The molecule has 0 saturated heterocycles. The molecule has 3 N–H and O–H groups in total. The van der Waals surface area contributed by atoms with Crippen LogP contribution in [-0.4, -0.2) is 40.4 Å². The molecule has 0 spiro atoms. The molecule has 0 aliphatic heterocycles. The number of hydrogen-bond acceptors (Lipinski definition) is 4. The zero-order chi connectivity index (χ0) is 8.69. The number of aliphatic hydroxyl groups is 3. The normalized spacial score (nSPS) is 15.9. The molecule has 0 aromatic rings. The van der Waals surface area contributed by atoms with Crippen LogP contribution in [0.5, 0.6) is 0 Å². The Hall–Kier alpha value is -0.450. The first kappa shape index (κ1) is 10.6. The molecule has 0 heterocycles. The topological polar surface area (TPSA) is 77.8 Å². The Kier molecular flexibility index (Phi) is 6.02. The summed E-state index contributed by atoms with van der Waals surface area (Å²) in [6.07, 6.45) is 0.115. The maximum Gasteiger partial charge on any atom is 0.148 e. The summed E-state index contributed by atoms with van der Waals surface area (Å²) in [6.45, 7) is -0.267. The fourth-order valence-corrected chi connectivity index (χ4v) is 0.722. The van der Waals surface area contributed by atoms with E-state index in [1.54, 1.807) is 0 Å². The number of rotatable bonds is 6. The Morgan fingerprint density at radius 1 is 1.27 bits per heavy atom. The van der Waals surface area contributed by atoms with Crippen LogP contribution in [0.1, 0.15) is 19.3 Å². The van der Waals surface area contributed by atoms with Gasteiger partial charge in [0.25, 0.3) is 0 Å². The molecule has 0 rings (SSSR count). The van der Waals surface area contributed by atoms with E-state index in [2.05, 4.69) is 0 Å². The van der Waals surface area contributed by atoms with Crippen molar-refractivity contribution in [2.45, 2.75) is 31.5 Å². The summed E-state index contributed by atoms with van der Waals surface area (Å²) in [5.74, 6) is 0. The quantitative estimate of drug-likeness (QED) is 0.441. The third-order valence-corrected chi connectivity index (χ3v) is 1.41. The van der Waals surface area contributed by atoms with E-state index in [0.29, 0.717) is 25.5 Å². The lowest BCUT2D eigenvalue weighted by atomic mass is 10.1. The van der Waals surface area contributed by atoms with Gasteiger partial charge in [0, 0.05) is 0 Å². The van der Waals surface area contributed by atoms with Gasteiger partial charge in [0.1, 0.15) is 12.4 Å². The highest BCUT2D eigenvalue weighted by atomic mass is 16.3. The molecule has 0 fully saturated rings. The molecule has 0 bridgehead atoms. The van der Waals surface area contributed by atoms with Gasteiger partial charge < -0.3 is 20.1 Å². The number of aliphatic hydroxyl groups excluding tert-OH is 3. The van der Waals surface area contributed by atoms with Gasteiger partial charge in [0.15, 0.2) is 0 Å². The van der Waals surface area contributed by atoms with Crippen LogP contribution < -0.4 is 0 Å². The van der Waals surface area contributed by atoms with Crippen LogP contribution in [0.3, 0.4) is 0 Å². The summed E-state index contributed by atoms with van der Waals surface area (Å²) in [7, 11) is 0. The molecule has 2 atom stereocenters. The molecule has 0 aliphatic rings. The first-order chi connectivity index (χ1) is 5.20. The van der Waals surface area contributed by atoms with Gasteiger partial charge in [-0.2, -0.15) is 0 Å². The van der Waals surface area contributed by atoms with E-state index >= 15 is 0 Å². The molecule has 0 radical (unpaired) electrons. The van der Waals surface area contributed by atoms with Crippen LogP contribution in [0, 0.1) is 0 Å². The standard InChI is InChI=1S/C7H14O4/c8-4-6(10)2-1-3-7(11)5-9/h4,6-7,9-11H,1-3,5H2. The van der Waals surface area contributed by atoms with Crippen molar-refractivity contribution in [3.63, 3.8) is 0 Å². The van der Waals surface area contributed by atoms with Gasteiger partial charge >= 0.3 is 0 Å². The second-order valence-electron chi connectivity index (χ2n) is 2.47. The molecule has 11 heavy (non-hydrogen) atoms. The Labute approximate surface area is 65.5 Å². The van der Waals surface area contributed by atoms with E-state index in [9.17, 15) is 4.79 Å². The van der Waals surface area contributed by atoms with Crippen molar-refractivity contribution >= 4 is 6.29 Å². The minimum Gasteiger partial charge on any atom is -0.394 e. The second-order valence-corrected chi connectivity index (χ2v) is 2.47. The smallest absolute Gasteiger partial charge is 0.148 e. The number of hydrogen-bond donors (Lipinski definition) is 3. The van der Waals surface area contributed by atoms with E-state index in [0.717, 1.165) is 0 Å². The Balaban J connectivity index is 3.19. The molecule has 4 heteroatoms. The van der Waals surface area contributed by atoms with E-state index < -0.39 is 12.2 Å². The first-order valence-corrected chi connectivity index (χ1v) is 3.63. The fraction of sp³-hybridized carbons (Fsp3) is 0.857. The highest BCUT2D eigenvalue weighted by Crippen LogP contribution is 2.02. The third-order valence-electron chi connectivity index (χ3n) is 1.41. The minimum atomic E-state index is -0.930. The number of carbonyl (C=O) groups is 1. The van der Waals surface area contributed by atoms with Crippen LogP contribution >= 0.6 is 0 Å². The van der Waals surface area contributed by atoms with Gasteiger partial charge in [-0.3, -0.25) is 0 Å². The van der Waals surface area contributed by atoms with E-state index in [4.69, 9.17) is 15.3 Å². The Morgan fingerprint density at radius 2 is 1.91 bits per heavy atom. The van der Waals surface area contributed by atoms with Crippen LogP contribution in [0.4, 0.5) is 0 Å². The van der Waals surface area contributed by atoms with Crippen molar-refractivity contribution in [2.75, 3.05) is 6.61 Å². The van der Waals surface area contributed by atoms with Crippen molar-refractivity contribution in [2.24, 2.45) is 0 Å². The summed E-state index contributed by atoms with van der Waals surface area (Å²) in [5, 5.41) is 25.9. The fourth-order valence-electron chi connectivity index (χ4n) is 0.722. The van der Waals surface area contributed by atoms with Crippen LogP contribution in [0.25, 0.3) is 0 Å². The lowest BCUT2D eigenvalue weighted by Gasteiger charge is -2.06. The molecule has 0 aliphatic carbocycles. The number of carbonyl (C=O) groups excluding carboxylic acids is 1. The van der Waals surface area contributed by atoms with Crippen molar-refractivity contribution < 1.29 is 20.1 Å². The Morgan fingerprint density at radius 3 is 2.36 bits per heavy atom. The summed E-state index contributed by atoms with van der Waals surface area (Å²) in [5.41, 5.74) is 0. The lowest BCUT2D eigenvalue weighted by Crippen LogP contribution is -2.14. The van der Waals surface area contributed by atoms with Crippen LogP contribution in [0.2, 0.25) is 0 Å². The van der Waals surface area contributed by atoms with Crippen molar-refractivity contribution in [3.05, 3.63) is 0 Å². The summed E-state index contributed by atoms with van der Waals surface area (Å²) in [6, 6.07) is 0. The molecule has 0 aromatic carbocycles.